The van der Waals surface area contributed by atoms with Gasteiger partial charge in [0.2, 0.25) is 0 Å². The molecule has 0 unspecified atom stereocenters. The molecule has 1 atom stereocenters. The maximum absolute atomic E-state index is 12.4. The molecule has 2 rings (SSSR count). The molecule has 8 nitrogen and oxygen atoms in total. The number of ether oxygens (including phenoxy) is 1. The van der Waals surface area contributed by atoms with Crippen molar-refractivity contribution in [3.63, 3.8) is 0 Å². The van der Waals surface area contributed by atoms with Gasteiger partial charge in [-0.1, -0.05) is 24.3 Å². The number of nitrogens with zero attached hydrogens (tertiary/aromatic N) is 2. The van der Waals surface area contributed by atoms with E-state index >= 15 is 0 Å². The molecule has 2 aromatic rings. The first-order valence-electron chi connectivity index (χ1n) is 7.57. The standard InChI is InChI=1S/C18H15N3O5/c1-26-18(23)16(10-12-5-2-3-6-14(12)11-19)20-17(22)13-7-4-8-15(9-13)21(24)25/h2-9,16H,10H2,1H3,(H,20,22)/t16-/m1/s1. The molecular formula is C18H15N3O5. The molecule has 1 N–H and O–H groups in total. The third kappa shape index (κ3) is 4.42. The van der Waals surface area contributed by atoms with Crippen LogP contribution in [-0.4, -0.2) is 30.0 Å². The summed E-state index contributed by atoms with van der Waals surface area (Å²) in [5.74, 6) is -1.34. The third-order valence-electron chi connectivity index (χ3n) is 3.67. The molecule has 0 radical (unpaired) electrons. The zero-order chi connectivity index (χ0) is 19.1. The number of hydrogen-bond donors (Lipinski definition) is 1. The van der Waals surface area contributed by atoms with Crippen molar-refractivity contribution in [2.45, 2.75) is 12.5 Å². The topological polar surface area (TPSA) is 122 Å². The number of carbonyl (C=O) groups excluding carboxylic acids is 2. The summed E-state index contributed by atoms with van der Waals surface area (Å²) < 4.78 is 4.71. The Bertz CT molecular complexity index is 888. The molecule has 0 aromatic heterocycles. The minimum Gasteiger partial charge on any atom is -0.467 e. The Hall–Kier alpha value is -3.73. The van der Waals surface area contributed by atoms with Gasteiger partial charge in [-0.15, -0.1) is 0 Å². The van der Waals surface area contributed by atoms with Crippen LogP contribution in [0.2, 0.25) is 0 Å². The van der Waals surface area contributed by atoms with Gasteiger partial charge in [0.05, 0.1) is 23.7 Å². The number of nitrogens with one attached hydrogen (secondary N) is 1. The monoisotopic (exact) mass is 353 g/mol. The van der Waals surface area contributed by atoms with E-state index in [0.29, 0.717) is 11.1 Å². The van der Waals surface area contributed by atoms with E-state index in [0.717, 1.165) is 6.07 Å². The van der Waals surface area contributed by atoms with E-state index in [2.05, 4.69) is 5.32 Å². The minimum absolute atomic E-state index is 0.0432. The number of rotatable bonds is 6. The molecule has 26 heavy (non-hydrogen) atoms. The quantitative estimate of drug-likeness (QED) is 0.481. The van der Waals surface area contributed by atoms with E-state index in [-0.39, 0.29) is 17.7 Å². The van der Waals surface area contributed by atoms with Crippen LogP contribution in [0.4, 0.5) is 5.69 Å². The second-order valence-electron chi connectivity index (χ2n) is 5.33. The Labute approximate surface area is 149 Å². The summed E-state index contributed by atoms with van der Waals surface area (Å²) in [5.41, 5.74) is 0.763. The first-order chi connectivity index (χ1) is 12.5. The van der Waals surface area contributed by atoms with Crippen molar-refractivity contribution < 1.29 is 19.2 Å². The highest BCUT2D eigenvalue weighted by Crippen LogP contribution is 2.15. The summed E-state index contributed by atoms with van der Waals surface area (Å²) in [6.07, 6.45) is 0.0527. The van der Waals surface area contributed by atoms with E-state index in [9.17, 15) is 19.7 Å². The van der Waals surface area contributed by atoms with Crippen molar-refractivity contribution in [2.24, 2.45) is 0 Å². The van der Waals surface area contributed by atoms with Gasteiger partial charge in [-0.3, -0.25) is 14.9 Å². The average molecular weight is 353 g/mol. The molecule has 0 saturated heterocycles. The van der Waals surface area contributed by atoms with E-state index in [1.54, 1.807) is 24.3 Å². The lowest BCUT2D eigenvalue weighted by atomic mass is 10.0. The second-order valence-corrected chi connectivity index (χ2v) is 5.33. The molecule has 0 aliphatic carbocycles. The highest BCUT2D eigenvalue weighted by Gasteiger charge is 2.24. The van der Waals surface area contributed by atoms with Gasteiger partial charge in [-0.25, -0.2) is 4.79 Å². The van der Waals surface area contributed by atoms with Crippen molar-refractivity contribution in [1.82, 2.24) is 5.32 Å². The highest BCUT2D eigenvalue weighted by molar-refractivity contribution is 5.97. The van der Waals surface area contributed by atoms with Crippen molar-refractivity contribution >= 4 is 17.6 Å². The van der Waals surface area contributed by atoms with Crippen LogP contribution in [-0.2, 0) is 16.0 Å². The Morgan fingerprint density at radius 2 is 2.00 bits per heavy atom. The van der Waals surface area contributed by atoms with Crippen LogP contribution in [0.15, 0.2) is 48.5 Å². The van der Waals surface area contributed by atoms with Gasteiger partial charge in [-0.2, -0.15) is 5.26 Å². The molecule has 0 saturated carbocycles. The number of benzene rings is 2. The van der Waals surface area contributed by atoms with Gasteiger partial charge >= 0.3 is 5.97 Å². The van der Waals surface area contributed by atoms with Gasteiger partial charge in [-0.05, 0) is 17.7 Å². The molecule has 0 bridgehead atoms. The zero-order valence-corrected chi connectivity index (χ0v) is 13.8. The van der Waals surface area contributed by atoms with Gasteiger partial charge in [0.15, 0.2) is 0 Å². The average Bonchev–Trinajstić information content (AvgIpc) is 2.67. The third-order valence-corrected chi connectivity index (χ3v) is 3.67. The lowest BCUT2D eigenvalue weighted by Gasteiger charge is -2.17. The number of nitro benzene ring substituents is 1. The van der Waals surface area contributed by atoms with E-state index in [1.165, 1.54) is 25.3 Å². The summed E-state index contributed by atoms with van der Waals surface area (Å²) in [7, 11) is 1.19. The lowest BCUT2D eigenvalue weighted by molar-refractivity contribution is -0.384. The lowest BCUT2D eigenvalue weighted by Crippen LogP contribution is -2.43. The minimum atomic E-state index is -1.04. The Morgan fingerprint density at radius 3 is 2.65 bits per heavy atom. The molecule has 1 amide bonds. The summed E-state index contributed by atoms with van der Waals surface area (Å²) in [5, 5.41) is 22.5. The van der Waals surface area contributed by atoms with Crippen LogP contribution in [0, 0.1) is 21.4 Å². The number of amides is 1. The van der Waals surface area contributed by atoms with Crippen molar-refractivity contribution in [1.29, 1.82) is 5.26 Å². The smallest absolute Gasteiger partial charge is 0.328 e. The molecule has 0 aliphatic rings. The van der Waals surface area contributed by atoms with Gasteiger partial charge in [0.1, 0.15) is 6.04 Å². The number of hydrogen-bond acceptors (Lipinski definition) is 6. The van der Waals surface area contributed by atoms with Crippen LogP contribution < -0.4 is 5.32 Å². The Kier molecular flexibility index (Phi) is 6.01. The molecule has 2 aromatic carbocycles. The maximum atomic E-state index is 12.4. The fourth-order valence-corrected chi connectivity index (χ4v) is 2.37. The summed E-state index contributed by atoms with van der Waals surface area (Å²) in [6, 6.07) is 12.8. The first-order valence-corrected chi connectivity index (χ1v) is 7.57. The SMILES string of the molecule is COC(=O)[C@@H](Cc1ccccc1C#N)NC(=O)c1cccc([N+](=O)[O-])c1. The number of carbonyl (C=O) groups is 2. The van der Waals surface area contributed by atoms with Crippen molar-refractivity contribution in [2.75, 3.05) is 7.11 Å². The number of nitriles is 1. The molecule has 0 fully saturated rings. The number of non-ortho nitro benzene ring substituents is 1. The van der Waals surface area contributed by atoms with Gasteiger partial charge < -0.3 is 10.1 Å². The van der Waals surface area contributed by atoms with Crippen molar-refractivity contribution in [3.05, 3.63) is 75.3 Å². The van der Waals surface area contributed by atoms with Crippen LogP contribution in [0.1, 0.15) is 21.5 Å². The molecular weight excluding hydrogens is 338 g/mol. The second kappa shape index (κ2) is 8.39. The summed E-state index contributed by atoms with van der Waals surface area (Å²) >= 11 is 0. The molecule has 132 valence electrons. The first kappa shape index (κ1) is 18.6. The molecule has 0 heterocycles. The molecule has 8 heteroatoms. The Balaban J connectivity index is 2.24. The molecule has 0 spiro atoms. The molecule has 0 aliphatic heterocycles. The van der Waals surface area contributed by atoms with Gasteiger partial charge in [0.25, 0.3) is 11.6 Å². The highest BCUT2D eigenvalue weighted by atomic mass is 16.6. The Morgan fingerprint density at radius 1 is 1.27 bits per heavy atom. The predicted molar refractivity (Wildman–Crippen MR) is 91.2 cm³/mol. The van der Waals surface area contributed by atoms with E-state index < -0.39 is 22.8 Å². The van der Waals surface area contributed by atoms with Crippen LogP contribution in [0.25, 0.3) is 0 Å². The zero-order valence-electron chi connectivity index (χ0n) is 13.8. The van der Waals surface area contributed by atoms with E-state index in [1.807, 2.05) is 6.07 Å². The number of methoxy groups -OCH3 is 1. The number of nitro groups is 1. The van der Waals surface area contributed by atoms with Crippen LogP contribution in [0.5, 0.6) is 0 Å². The summed E-state index contributed by atoms with van der Waals surface area (Å²) in [4.78, 5) is 34.6. The summed E-state index contributed by atoms with van der Waals surface area (Å²) in [6.45, 7) is 0. The maximum Gasteiger partial charge on any atom is 0.328 e. The normalized spacial score (nSPS) is 11.1. The largest absolute Gasteiger partial charge is 0.467 e. The predicted octanol–water partition coefficient (Wildman–Crippen LogP) is 1.98. The fraction of sp³-hybridized carbons (Fsp3) is 0.167. The fourth-order valence-electron chi connectivity index (χ4n) is 2.37. The number of esters is 1. The van der Waals surface area contributed by atoms with Crippen LogP contribution >= 0.6 is 0 Å². The van der Waals surface area contributed by atoms with E-state index in [4.69, 9.17) is 10.00 Å². The van der Waals surface area contributed by atoms with Crippen LogP contribution in [0.3, 0.4) is 0 Å². The van der Waals surface area contributed by atoms with Gasteiger partial charge in [0, 0.05) is 24.1 Å². The van der Waals surface area contributed by atoms with Crippen molar-refractivity contribution in [3.8, 4) is 6.07 Å².